The Labute approximate surface area is 299 Å². The Morgan fingerprint density at radius 1 is 0.980 bits per heavy atom. The molecule has 0 saturated carbocycles. The number of thiazole rings is 1. The van der Waals surface area contributed by atoms with Crippen molar-refractivity contribution in [2.45, 2.75) is 46.6 Å². The van der Waals surface area contributed by atoms with E-state index < -0.39 is 18.0 Å². The van der Waals surface area contributed by atoms with Gasteiger partial charge in [0.25, 0.3) is 11.5 Å². The van der Waals surface area contributed by atoms with E-state index in [9.17, 15) is 9.59 Å². The van der Waals surface area contributed by atoms with Gasteiger partial charge in [0, 0.05) is 24.2 Å². The number of unbranched alkanes of at least 4 members (excludes halogenated alkanes) is 1. The number of nitrogens with zero attached hydrogens (tertiary/aromatic N) is 4. The number of carboxylic acids is 1. The lowest BCUT2D eigenvalue weighted by molar-refractivity contribution is -0.139. The summed E-state index contributed by atoms with van der Waals surface area (Å²) in [5.41, 5.74) is 4.58. The monoisotopic (exact) mass is 708 g/mol. The topological polar surface area (TPSA) is 134 Å². The maximum atomic E-state index is 14.3. The largest absolute Gasteiger partial charge is 0.497 e. The Kier molecular flexibility index (Phi) is 12.0. The molecule has 1 aliphatic rings. The first kappa shape index (κ1) is 36.5. The molecule has 0 fully saturated rings. The highest BCUT2D eigenvalue weighted by molar-refractivity contribution is 7.07. The number of aromatic nitrogens is 3. The first-order chi connectivity index (χ1) is 24.6. The number of allylic oxidation sites excluding steroid dienone is 1. The number of carbonyl (C=O) groups is 2. The number of methoxy groups -OCH3 is 1. The summed E-state index contributed by atoms with van der Waals surface area (Å²) in [5.74, 6) is 0.131. The van der Waals surface area contributed by atoms with Gasteiger partial charge in [0.2, 0.25) is 0 Å². The zero-order chi connectivity index (χ0) is 36.5. The highest BCUT2D eigenvalue weighted by Crippen LogP contribution is 2.32. The lowest BCUT2D eigenvalue weighted by Crippen LogP contribution is -2.39. The molecule has 2 aromatic heterocycles. The van der Waals surface area contributed by atoms with Crippen LogP contribution in [0.25, 0.3) is 23.0 Å². The van der Waals surface area contributed by atoms with Crippen molar-refractivity contribution >= 4 is 29.4 Å². The molecular weight excluding hydrogens is 669 g/mol. The zero-order valence-corrected chi connectivity index (χ0v) is 30.0. The van der Waals surface area contributed by atoms with E-state index in [2.05, 4.69) is 6.92 Å². The Bertz CT molecular complexity index is 2200. The highest BCUT2D eigenvalue weighted by atomic mass is 32.1. The standard InChI is InChI=1S/C37H36N4O5S.C2H4O2/c1-5-7-21-46-30-19-13-25(14-20-30)33-27(23-40(39-33)28-11-9-8-10-12-28)22-31-35(42)41-34(26-15-17-29(44-4)18-16-26)32(36(43)45-6-2)24(3)38-37(41)47-31;1-2(3)4/h8-20,22-23,34H,5-7,21H2,1-4H3;1H3,(H,3,4). The van der Waals surface area contributed by atoms with Gasteiger partial charge in [0.1, 0.15) is 17.2 Å². The maximum Gasteiger partial charge on any atom is 0.338 e. The van der Waals surface area contributed by atoms with Gasteiger partial charge in [-0.05, 0) is 80.4 Å². The Balaban J connectivity index is 0.00000120. The summed E-state index contributed by atoms with van der Waals surface area (Å²) in [5, 5.41) is 12.4. The summed E-state index contributed by atoms with van der Waals surface area (Å²) in [6.07, 6.45) is 5.83. The molecule has 1 unspecified atom stereocenters. The minimum Gasteiger partial charge on any atom is -0.497 e. The normalized spacial score (nSPS) is 13.8. The van der Waals surface area contributed by atoms with E-state index in [4.69, 9.17) is 34.2 Å². The average Bonchev–Trinajstić information content (AvgIpc) is 3.68. The van der Waals surface area contributed by atoms with Crippen molar-refractivity contribution in [2.75, 3.05) is 20.3 Å². The molecule has 0 saturated heterocycles. The van der Waals surface area contributed by atoms with Crippen molar-refractivity contribution in [3.63, 3.8) is 0 Å². The van der Waals surface area contributed by atoms with Crippen LogP contribution in [-0.4, -0.2) is 51.7 Å². The molecule has 3 aromatic carbocycles. The molecule has 11 nitrogen and oxygen atoms in total. The molecule has 0 amide bonds. The number of carbonyl (C=O) groups excluding carboxylic acids is 1. The predicted molar refractivity (Wildman–Crippen MR) is 196 cm³/mol. The molecule has 0 bridgehead atoms. The molecule has 1 atom stereocenters. The van der Waals surface area contributed by atoms with Crippen molar-refractivity contribution in [3.05, 3.63) is 127 Å². The smallest absolute Gasteiger partial charge is 0.338 e. The third kappa shape index (κ3) is 8.53. The molecule has 51 heavy (non-hydrogen) atoms. The van der Waals surface area contributed by atoms with E-state index in [0.29, 0.717) is 33.0 Å². The van der Waals surface area contributed by atoms with Gasteiger partial charge in [0.05, 0.1) is 47.9 Å². The van der Waals surface area contributed by atoms with E-state index in [1.165, 1.54) is 11.3 Å². The first-order valence-corrected chi connectivity index (χ1v) is 17.4. The second-order valence-corrected chi connectivity index (χ2v) is 12.5. The summed E-state index contributed by atoms with van der Waals surface area (Å²) >= 11 is 1.28. The molecule has 0 spiro atoms. The fourth-order valence-electron chi connectivity index (χ4n) is 5.51. The lowest BCUT2D eigenvalue weighted by atomic mass is 9.96. The maximum absolute atomic E-state index is 14.3. The van der Waals surface area contributed by atoms with E-state index in [1.807, 2.05) is 95.8 Å². The van der Waals surface area contributed by atoms with Crippen molar-refractivity contribution in [3.8, 4) is 28.4 Å². The van der Waals surface area contributed by atoms with Gasteiger partial charge in [-0.25, -0.2) is 14.5 Å². The number of para-hydroxylation sites is 1. The SMILES string of the molecule is CC(=O)O.CCCCOc1ccc(-c2nn(-c3ccccc3)cc2C=c2sc3n(c2=O)C(c2ccc(OC)cc2)C(C(=O)OCC)=C(C)N=3)cc1. The quantitative estimate of drug-likeness (QED) is 0.132. The summed E-state index contributed by atoms with van der Waals surface area (Å²) in [7, 11) is 1.59. The summed E-state index contributed by atoms with van der Waals surface area (Å²) in [6.45, 7) is 7.62. The summed E-state index contributed by atoms with van der Waals surface area (Å²) in [4.78, 5) is 41.8. The second kappa shape index (κ2) is 16.8. The molecule has 6 rings (SSSR count). The molecule has 0 aliphatic carbocycles. The fourth-order valence-corrected chi connectivity index (χ4v) is 6.55. The van der Waals surface area contributed by atoms with Crippen molar-refractivity contribution in [1.82, 2.24) is 14.3 Å². The van der Waals surface area contributed by atoms with Gasteiger partial charge in [-0.3, -0.25) is 14.2 Å². The van der Waals surface area contributed by atoms with E-state index >= 15 is 0 Å². The summed E-state index contributed by atoms with van der Waals surface area (Å²) in [6, 6.07) is 24.3. The van der Waals surface area contributed by atoms with Crippen molar-refractivity contribution in [1.29, 1.82) is 0 Å². The van der Waals surface area contributed by atoms with E-state index in [-0.39, 0.29) is 12.2 Å². The molecule has 0 radical (unpaired) electrons. The number of benzene rings is 3. The average molecular weight is 709 g/mol. The number of esters is 1. The number of fused-ring (bicyclic) bond motifs is 1. The van der Waals surface area contributed by atoms with Gasteiger partial charge in [-0.1, -0.05) is 55.0 Å². The van der Waals surface area contributed by atoms with Crippen LogP contribution in [0.1, 0.15) is 57.7 Å². The number of hydrogen-bond acceptors (Lipinski definition) is 9. The number of hydrogen-bond donors (Lipinski definition) is 1. The van der Waals surface area contributed by atoms with Gasteiger partial charge in [0.15, 0.2) is 4.80 Å². The van der Waals surface area contributed by atoms with Crippen LogP contribution >= 0.6 is 11.3 Å². The molecular formula is C39H40N4O7S. The van der Waals surface area contributed by atoms with E-state index in [0.717, 1.165) is 53.6 Å². The number of aliphatic carboxylic acids is 1. The Hall–Kier alpha value is -5.75. The van der Waals surface area contributed by atoms with Crippen LogP contribution in [0.2, 0.25) is 0 Å². The highest BCUT2D eigenvalue weighted by Gasteiger charge is 2.33. The van der Waals surface area contributed by atoms with Crippen LogP contribution in [0.15, 0.2) is 106 Å². The van der Waals surface area contributed by atoms with E-state index in [1.54, 1.807) is 25.5 Å². The third-order valence-corrected chi connectivity index (χ3v) is 8.88. The third-order valence-electron chi connectivity index (χ3n) is 7.89. The van der Waals surface area contributed by atoms with Gasteiger partial charge in [-0.15, -0.1) is 0 Å². The van der Waals surface area contributed by atoms with Crippen molar-refractivity contribution in [2.24, 2.45) is 4.99 Å². The van der Waals surface area contributed by atoms with Crippen LogP contribution in [0, 0.1) is 0 Å². The molecule has 1 N–H and O–H groups in total. The van der Waals surface area contributed by atoms with Crippen LogP contribution in [0.4, 0.5) is 0 Å². The zero-order valence-electron chi connectivity index (χ0n) is 29.2. The van der Waals surface area contributed by atoms with Crippen LogP contribution in [-0.2, 0) is 14.3 Å². The molecule has 12 heteroatoms. The second-order valence-electron chi connectivity index (χ2n) is 11.5. The van der Waals surface area contributed by atoms with Crippen LogP contribution in [0.3, 0.4) is 0 Å². The Morgan fingerprint density at radius 2 is 1.65 bits per heavy atom. The van der Waals surface area contributed by atoms with Crippen LogP contribution in [0.5, 0.6) is 11.5 Å². The van der Waals surface area contributed by atoms with Crippen molar-refractivity contribution < 1.29 is 28.9 Å². The first-order valence-electron chi connectivity index (χ1n) is 16.6. The lowest BCUT2D eigenvalue weighted by Gasteiger charge is -2.24. The van der Waals surface area contributed by atoms with Crippen LogP contribution < -0.4 is 24.4 Å². The minimum atomic E-state index is -0.833. The minimum absolute atomic E-state index is 0.204. The van der Waals surface area contributed by atoms with Gasteiger partial charge in [-0.2, -0.15) is 5.10 Å². The number of rotatable bonds is 11. The number of carboxylic acid groups (broad SMARTS) is 1. The van der Waals surface area contributed by atoms with Gasteiger partial charge < -0.3 is 19.3 Å². The van der Waals surface area contributed by atoms with Gasteiger partial charge >= 0.3 is 5.97 Å². The Morgan fingerprint density at radius 3 is 2.27 bits per heavy atom. The fraction of sp³-hybridized carbons (Fsp3) is 0.256. The number of ether oxygens (including phenoxy) is 3. The molecule has 264 valence electrons. The molecule has 5 aromatic rings. The predicted octanol–water partition coefficient (Wildman–Crippen LogP) is 5.93. The summed E-state index contributed by atoms with van der Waals surface area (Å²) < 4.78 is 20.5. The molecule has 3 heterocycles. The molecule has 1 aliphatic heterocycles.